The van der Waals surface area contributed by atoms with Crippen LogP contribution in [0.2, 0.25) is 0 Å². The number of morpholine rings is 1. The average Bonchev–Trinajstić information content (AvgIpc) is 2.15. The second-order valence-electron chi connectivity index (χ2n) is 5.65. The lowest BCUT2D eigenvalue weighted by molar-refractivity contribution is 0.0314. The van der Waals surface area contributed by atoms with Gasteiger partial charge in [0.1, 0.15) is 0 Å². The Hall–Kier alpha value is -0.120. The molecule has 3 nitrogen and oxygen atoms in total. The lowest BCUT2D eigenvalue weighted by Crippen LogP contribution is -2.44. The van der Waals surface area contributed by atoms with Crippen LogP contribution in [0.3, 0.4) is 0 Å². The van der Waals surface area contributed by atoms with Crippen molar-refractivity contribution in [2.75, 3.05) is 39.4 Å². The van der Waals surface area contributed by atoms with Gasteiger partial charge in [-0.1, -0.05) is 6.92 Å². The third kappa shape index (κ3) is 6.13. The standard InChI is InChI=1S/C12H26N2O/c1-11(9-13-12(2,3)4)10-14-5-7-15-8-6-14/h11,13H,5-10H2,1-4H3. The van der Waals surface area contributed by atoms with Crippen molar-refractivity contribution in [3.63, 3.8) is 0 Å². The Kier molecular flexibility index (Phi) is 5.03. The van der Waals surface area contributed by atoms with E-state index in [-0.39, 0.29) is 5.54 Å². The third-order valence-corrected chi connectivity index (χ3v) is 2.65. The first-order chi connectivity index (χ1) is 6.97. The Bertz CT molecular complexity index is 171. The molecule has 1 rings (SSSR count). The van der Waals surface area contributed by atoms with E-state index in [4.69, 9.17) is 4.74 Å². The second kappa shape index (κ2) is 5.83. The van der Waals surface area contributed by atoms with E-state index in [1.54, 1.807) is 0 Å². The topological polar surface area (TPSA) is 24.5 Å². The predicted octanol–water partition coefficient (Wildman–Crippen LogP) is 1.34. The summed E-state index contributed by atoms with van der Waals surface area (Å²) in [4.78, 5) is 2.50. The molecule has 0 bridgehead atoms. The van der Waals surface area contributed by atoms with Gasteiger partial charge in [-0.3, -0.25) is 4.90 Å². The van der Waals surface area contributed by atoms with E-state index in [1.807, 2.05) is 0 Å². The van der Waals surface area contributed by atoms with E-state index in [2.05, 4.69) is 37.9 Å². The van der Waals surface area contributed by atoms with Crippen molar-refractivity contribution in [2.45, 2.75) is 33.2 Å². The summed E-state index contributed by atoms with van der Waals surface area (Å²) in [6, 6.07) is 0. The summed E-state index contributed by atoms with van der Waals surface area (Å²) in [5.74, 6) is 0.710. The molecule has 0 spiro atoms. The fourth-order valence-electron chi connectivity index (χ4n) is 1.77. The first-order valence-electron chi connectivity index (χ1n) is 6.02. The van der Waals surface area contributed by atoms with Crippen LogP contribution in [0, 0.1) is 5.92 Å². The fraction of sp³-hybridized carbons (Fsp3) is 1.00. The number of ether oxygens (including phenoxy) is 1. The smallest absolute Gasteiger partial charge is 0.0594 e. The first kappa shape index (κ1) is 12.9. The summed E-state index contributed by atoms with van der Waals surface area (Å²) >= 11 is 0. The molecule has 1 aliphatic rings. The van der Waals surface area contributed by atoms with Crippen LogP contribution in [-0.2, 0) is 4.74 Å². The van der Waals surface area contributed by atoms with Gasteiger partial charge in [0.15, 0.2) is 0 Å². The summed E-state index contributed by atoms with van der Waals surface area (Å²) in [6.45, 7) is 15.2. The van der Waals surface area contributed by atoms with Crippen molar-refractivity contribution in [2.24, 2.45) is 5.92 Å². The van der Waals surface area contributed by atoms with Gasteiger partial charge >= 0.3 is 0 Å². The van der Waals surface area contributed by atoms with Gasteiger partial charge in [0, 0.05) is 25.2 Å². The van der Waals surface area contributed by atoms with Crippen molar-refractivity contribution in [1.29, 1.82) is 0 Å². The quantitative estimate of drug-likeness (QED) is 0.764. The van der Waals surface area contributed by atoms with Gasteiger partial charge in [0.25, 0.3) is 0 Å². The summed E-state index contributed by atoms with van der Waals surface area (Å²) in [5, 5.41) is 3.55. The SMILES string of the molecule is CC(CNC(C)(C)C)CN1CCOCC1. The fourth-order valence-corrected chi connectivity index (χ4v) is 1.77. The molecule has 1 heterocycles. The van der Waals surface area contributed by atoms with Crippen LogP contribution in [0.1, 0.15) is 27.7 Å². The molecule has 0 saturated carbocycles. The Balaban J connectivity index is 2.14. The molecule has 0 aromatic rings. The minimum atomic E-state index is 0.235. The highest BCUT2D eigenvalue weighted by Crippen LogP contribution is 2.05. The molecule has 90 valence electrons. The van der Waals surface area contributed by atoms with Crippen LogP contribution in [-0.4, -0.2) is 49.8 Å². The average molecular weight is 214 g/mol. The van der Waals surface area contributed by atoms with E-state index in [9.17, 15) is 0 Å². The molecule has 1 aliphatic heterocycles. The van der Waals surface area contributed by atoms with E-state index in [0.29, 0.717) is 5.92 Å². The Morgan fingerprint density at radius 1 is 1.27 bits per heavy atom. The molecule has 0 aliphatic carbocycles. The zero-order valence-corrected chi connectivity index (χ0v) is 10.7. The van der Waals surface area contributed by atoms with Gasteiger partial charge < -0.3 is 10.1 Å². The molecule has 0 aromatic carbocycles. The van der Waals surface area contributed by atoms with Gasteiger partial charge in [-0.15, -0.1) is 0 Å². The van der Waals surface area contributed by atoms with Crippen LogP contribution in [0.5, 0.6) is 0 Å². The van der Waals surface area contributed by atoms with Gasteiger partial charge in [-0.2, -0.15) is 0 Å². The number of hydrogen-bond donors (Lipinski definition) is 1. The van der Waals surface area contributed by atoms with Crippen molar-refractivity contribution in [3.8, 4) is 0 Å². The molecule has 1 saturated heterocycles. The molecule has 1 fully saturated rings. The number of nitrogens with zero attached hydrogens (tertiary/aromatic N) is 1. The van der Waals surface area contributed by atoms with Crippen LogP contribution in [0.25, 0.3) is 0 Å². The first-order valence-corrected chi connectivity index (χ1v) is 6.02. The summed E-state index contributed by atoms with van der Waals surface area (Å²) < 4.78 is 5.34. The van der Waals surface area contributed by atoms with Gasteiger partial charge in [-0.25, -0.2) is 0 Å². The maximum absolute atomic E-state index is 5.34. The van der Waals surface area contributed by atoms with Gasteiger partial charge in [0.05, 0.1) is 13.2 Å². The maximum Gasteiger partial charge on any atom is 0.0594 e. The normalized spacial score (nSPS) is 21.6. The minimum absolute atomic E-state index is 0.235. The lowest BCUT2D eigenvalue weighted by atomic mass is 10.1. The van der Waals surface area contributed by atoms with Crippen LogP contribution >= 0.6 is 0 Å². The molecule has 3 heteroatoms. The lowest BCUT2D eigenvalue weighted by Gasteiger charge is -2.30. The second-order valence-corrected chi connectivity index (χ2v) is 5.65. The van der Waals surface area contributed by atoms with Crippen LogP contribution < -0.4 is 5.32 Å². The van der Waals surface area contributed by atoms with E-state index in [1.165, 1.54) is 6.54 Å². The highest BCUT2D eigenvalue weighted by atomic mass is 16.5. The molecule has 1 N–H and O–H groups in total. The Morgan fingerprint density at radius 2 is 1.87 bits per heavy atom. The molecule has 1 unspecified atom stereocenters. The maximum atomic E-state index is 5.34. The molecular formula is C12H26N2O. The molecule has 15 heavy (non-hydrogen) atoms. The molecule has 0 amide bonds. The summed E-state index contributed by atoms with van der Waals surface area (Å²) in [7, 11) is 0. The monoisotopic (exact) mass is 214 g/mol. The predicted molar refractivity (Wildman–Crippen MR) is 64.2 cm³/mol. The number of nitrogens with one attached hydrogen (secondary N) is 1. The molecular weight excluding hydrogens is 188 g/mol. The van der Waals surface area contributed by atoms with Crippen LogP contribution in [0.15, 0.2) is 0 Å². The largest absolute Gasteiger partial charge is 0.379 e. The zero-order chi connectivity index (χ0) is 11.3. The summed E-state index contributed by atoms with van der Waals surface area (Å²) in [5.41, 5.74) is 0.235. The highest BCUT2D eigenvalue weighted by molar-refractivity contribution is 4.74. The van der Waals surface area contributed by atoms with Crippen molar-refractivity contribution >= 4 is 0 Å². The Labute approximate surface area is 94.2 Å². The molecule has 0 aromatic heterocycles. The summed E-state index contributed by atoms with van der Waals surface area (Å²) in [6.07, 6.45) is 0. The van der Waals surface area contributed by atoms with Crippen molar-refractivity contribution < 1.29 is 4.74 Å². The third-order valence-electron chi connectivity index (χ3n) is 2.65. The zero-order valence-electron chi connectivity index (χ0n) is 10.7. The highest BCUT2D eigenvalue weighted by Gasteiger charge is 2.15. The number of hydrogen-bond acceptors (Lipinski definition) is 3. The molecule has 1 atom stereocenters. The van der Waals surface area contributed by atoms with Crippen molar-refractivity contribution in [3.05, 3.63) is 0 Å². The van der Waals surface area contributed by atoms with E-state index in [0.717, 1.165) is 32.8 Å². The molecule has 0 radical (unpaired) electrons. The number of rotatable bonds is 4. The Morgan fingerprint density at radius 3 is 2.40 bits per heavy atom. The van der Waals surface area contributed by atoms with E-state index < -0.39 is 0 Å². The van der Waals surface area contributed by atoms with Gasteiger partial charge in [-0.05, 0) is 33.2 Å². The van der Waals surface area contributed by atoms with Crippen molar-refractivity contribution in [1.82, 2.24) is 10.2 Å². The minimum Gasteiger partial charge on any atom is -0.379 e. The van der Waals surface area contributed by atoms with Crippen LogP contribution in [0.4, 0.5) is 0 Å². The van der Waals surface area contributed by atoms with Gasteiger partial charge in [0.2, 0.25) is 0 Å². The van der Waals surface area contributed by atoms with E-state index >= 15 is 0 Å².